The molecule has 0 amide bonds. The number of carbonyl (C=O) groups excluding carboxylic acids is 2. The number of Topliss-reactive ketones (excluding diaryl/α,β-unsaturated/α-hetero) is 1. The van der Waals surface area contributed by atoms with Crippen molar-refractivity contribution in [3.05, 3.63) is 69.5 Å². The number of halogens is 1. The minimum Gasteiger partial charge on any atom is -0.454 e. The molecule has 0 unspecified atom stereocenters. The Bertz CT molecular complexity index is 817. The van der Waals surface area contributed by atoms with E-state index in [-0.39, 0.29) is 18.2 Å². The standard InChI is InChI=1S/C17H11IO4/c18-13-6-3-5-12(8-13)17(20)21-10-14(19)16-9-11-4-1-2-7-15(11)22-16/h1-9H,10H2. The van der Waals surface area contributed by atoms with Crippen molar-refractivity contribution in [3.8, 4) is 0 Å². The second-order valence-electron chi connectivity index (χ2n) is 4.66. The van der Waals surface area contributed by atoms with Crippen LogP contribution in [0.1, 0.15) is 20.9 Å². The van der Waals surface area contributed by atoms with Crippen LogP contribution < -0.4 is 0 Å². The second kappa shape index (κ2) is 6.31. The van der Waals surface area contributed by atoms with Crippen LogP contribution in [0.2, 0.25) is 0 Å². The third-order valence-electron chi connectivity index (χ3n) is 3.10. The van der Waals surface area contributed by atoms with Crippen LogP contribution in [0.4, 0.5) is 0 Å². The lowest BCUT2D eigenvalue weighted by Gasteiger charge is -2.03. The molecule has 0 aliphatic carbocycles. The highest BCUT2D eigenvalue weighted by Crippen LogP contribution is 2.19. The highest BCUT2D eigenvalue weighted by atomic mass is 127. The molecule has 22 heavy (non-hydrogen) atoms. The van der Waals surface area contributed by atoms with E-state index in [1.165, 1.54) is 0 Å². The second-order valence-corrected chi connectivity index (χ2v) is 5.90. The molecule has 110 valence electrons. The SMILES string of the molecule is O=C(OCC(=O)c1cc2ccccc2o1)c1cccc(I)c1. The van der Waals surface area contributed by atoms with Gasteiger partial charge in [0.2, 0.25) is 5.78 Å². The molecule has 0 spiro atoms. The van der Waals surface area contributed by atoms with Crippen LogP contribution in [0.15, 0.2) is 59.0 Å². The number of benzene rings is 2. The average Bonchev–Trinajstić information content (AvgIpc) is 2.96. The molecule has 2 aromatic carbocycles. The molecule has 0 saturated heterocycles. The van der Waals surface area contributed by atoms with Gasteiger partial charge in [-0.15, -0.1) is 0 Å². The fraction of sp³-hybridized carbons (Fsp3) is 0.0588. The van der Waals surface area contributed by atoms with Crippen LogP contribution in [0.25, 0.3) is 11.0 Å². The van der Waals surface area contributed by atoms with Gasteiger partial charge in [-0.05, 0) is 52.9 Å². The fourth-order valence-electron chi connectivity index (χ4n) is 2.02. The maximum absolute atomic E-state index is 12.0. The predicted octanol–water partition coefficient (Wildman–Crippen LogP) is 4.08. The van der Waals surface area contributed by atoms with Crippen LogP contribution in [0, 0.1) is 3.57 Å². The normalized spacial score (nSPS) is 10.6. The van der Waals surface area contributed by atoms with Crippen molar-refractivity contribution in [1.82, 2.24) is 0 Å². The largest absolute Gasteiger partial charge is 0.454 e. The smallest absolute Gasteiger partial charge is 0.338 e. The molecule has 1 aromatic heterocycles. The highest BCUT2D eigenvalue weighted by molar-refractivity contribution is 14.1. The van der Waals surface area contributed by atoms with Crippen LogP contribution >= 0.6 is 22.6 Å². The van der Waals surface area contributed by atoms with Crippen molar-refractivity contribution in [2.45, 2.75) is 0 Å². The van der Waals surface area contributed by atoms with E-state index in [2.05, 4.69) is 22.6 Å². The van der Waals surface area contributed by atoms with E-state index < -0.39 is 5.97 Å². The molecule has 0 N–H and O–H groups in total. The number of hydrogen-bond donors (Lipinski definition) is 0. The molecule has 0 atom stereocenters. The Morgan fingerprint density at radius 2 is 1.86 bits per heavy atom. The zero-order valence-corrected chi connectivity index (χ0v) is 13.6. The Labute approximate surface area is 140 Å². The maximum Gasteiger partial charge on any atom is 0.338 e. The molecule has 5 heteroatoms. The number of esters is 1. The molecule has 3 aromatic rings. The van der Waals surface area contributed by atoms with E-state index in [0.717, 1.165) is 8.96 Å². The van der Waals surface area contributed by atoms with Gasteiger partial charge in [0, 0.05) is 8.96 Å². The van der Waals surface area contributed by atoms with Gasteiger partial charge in [-0.3, -0.25) is 4.79 Å². The Morgan fingerprint density at radius 3 is 2.64 bits per heavy atom. The molecule has 1 heterocycles. The molecule has 0 saturated carbocycles. The summed E-state index contributed by atoms with van der Waals surface area (Å²) in [6.45, 7) is -0.343. The van der Waals surface area contributed by atoms with E-state index >= 15 is 0 Å². The van der Waals surface area contributed by atoms with Crippen molar-refractivity contribution in [2.24, 2.45) is 0 Å². The summed E-state index contributed by atoms with van der Waals surface area (Å²) >= 11 is 2.11. The van der Waals surface area contributed by atoms with E-state index in [4.69, 9.17) is 9.15 Å². The molecule has 3 rings (SSSR count). The van der Waals surface area contributed by atoms with Gasteiger partial charge in [0.15, 0.2) is 12.4 Å². The molecule has 0 bridgehead atoms. The molecule has 0 fully saturated rings. The lowest BCUT2D eigenvalue weighted by atomic mass is 10.2. The Kier molecular flexibility index (Phi) is 4.24. The lowest BCUT2D eigenvalue weighted by molar-refractivity contribution is 0.0468. The van der Waals surface area contributed by atoms with E-state index in [1.54, 1.807) is 30.3 Å². The topological polar surface area (TPSA) is 56.5 Å². The van der Waals surface area contributed by atoms with Crippen molar-refractivity contribution >= 4 is 45.3 Å². The van der Waals surface area contributed by atoms with Gasteiger partial charge in [0.25, 0.3) is 0 Å². The van der Waals surface area contributed by atoms with Gasteiger partial charge < -0.3 is 9.15 Å². The Morgan fingerprint density at radius 1 is 1.05 bits per heavy atom. The van der Waals surface area contributed by atoms with Gasteiger partial charge in [-0.1, -0.05) is 24.3 Å². The monoisotopic (exact) mass is 406 g/mol. The number of ketones is 1. The number of fused-ring (bicyclic) bond motifs is 1. The summed E-state index contributed by atoms with van der Waals surface area (Å²) < 4.78 is 11.4. The fourth-order valence-corrected chi connectivity index (χ4v) is 2.56. The van der Waals surface area contributed by atoms with Crippen LogP contribution in [0.3, 0.4) is 0 Å². The van der Waals surface area contributed by atoms with Gasteiger partial charge in [-0.2, -0.15) is 0 Å². The van der Waals surface area contributed by atoms with E-state index in [0.29, 0.717) is 11.1 Å². The zero-order valence-electron chi connectivity index (χ0n) is 11.4. The molecular formula is C17H11IO4. The van der Waals surface area contributed by atoms with E-state index in [9.17, 15) is 9.59 Å². The predicted molar refractivity (Wildman–Crippen MR) is 90.0 cm³/mol. The average molecular weight is 406 g/mol. The summed E-state index contributed by atoms with van der Waals surface area (Å²) in [5.74, 6) is -0.699. The van der Waals surface area contributed by atoms with Crippen LogP contribution in [-0.4, -0.2) is 18.4 Å². The number of carbonyl (C=O) groups is 2. The van der Waals surface area contributed by atoms with E-state index in [1.807, 2.05) is 24.3 Å². The van der Waals surface area contributed by atoms with Crippen molar-refractivity contribution < 1.29 is 18.7 Å². The third kappa shape index (κ3) is 3.19. The van der Waals surface area contributed by atoms with Gasteiger partial charge >= 0.3 is 5.97 Å². The summed E-state index contributed by atoms with van der Waals surface area (Å²) in [4.78, 5) is 23.9. The molecule has 0 aliphatic heterocycles. The molecular weight excluding hydrogens is 395 g/mol. The Hall–Kier alpha value is -2.15. The first-order valence-electron chi connectivity index (χ1n) is 6.58. The summed E-state index contributed by atoms with van der Waals surface area (Å²) in [5.41, 5.74) is 1.05. The Balaban J connectivity index is 1.68. The van der Waals surface area contributed by atoms with Gasteiger partial charge in [-0.25, -0.2) is 4.79 Å². The number of furan rings is 1. The number of rotatable bonds is 4. The van der Waals surface area contributed by atoms with Gasteiger partial charge in [0.1, 0.15) is 5.58 Å². The minimum atomic E-state index is -0.525. The summed E-state index contributed by atoms with van der Waals surface area (Å²) in [7, 11) is 0. The lowest BCUT2D eigenvalue weighted by Crippen LogP contribution is -2.13. The maximum atomic E-state index is 12.0. The highest BCUT2D eigenvalue weighted by Gasteiger charge is 2.15. The first-order chi connectivity index (χ1) is 10.6. The number of hydrogen-bond acceptors (Lipinski definition) is 4. The molecule has 4 nitrogen and oxygen atoms in total. The van der Waals surface area contributed by atoms with Crippen molar-refractivity contribution in [2.75, 3.05) is 6.61 Å². The van der Waals surface area contributed by atoms with Crippen LogP contribution in [-0.2, 0) is 4.74 Å². The third-order valence-corrected chi connectivity index (χ3v) is 3.77. The molecule has 0 radical (unpaired) electrons. The minimum absolute atomic E-state index is 0.191. The zero-order chi connectivity index (χ0) is 15.5. The van der Waals surface area contributed by atoms with Gasteiger partial charge in [0.05, 0.1) is 5.56 Å². The van der Waals surface area contributed by atoms with Crippen molar-refractivity contribution in [3.63, 3.8) is 0 Å². The first kappa shape index (κ1) is 14.8. The summed E-state index contributed by atoms with van der Waals surface area (Å²) in [6.07, 6.45) is 0. The summed E-state index contributed by atoms with van der Waals surface area (Å²) in [5, 5.41) is 0.842. The quantitative estimate of drug-likeness (QED) is 0.372. The van der Waals surface area contributed by atoms with Crippen molar-refractivity contribution in [1.29, 1.82) is 0 Å². The summed E-state index contributed by atoms with van der Waals surface area (Å²) in [6, 6.07) is 16.0. The number of ether oxygens (including phenoxy) is 1. The number of para-hydroxylation sites is 1. The first-order valence-corrected chi connectivity index (χ1v) is 7.66. The molecule has 0 aliphatic rings. The van der Waals surface area contributed by atoms with Crippen LogP contribution in [0.5, 0.6) is 0 Å².